The fourth-order valence-electron chi connectivity index (χ4n) is 2.15. The standard InChI is InChI=1S/C14H20IN3O/c15-13-6-4-12(5-7-13)14(19)16-8-9-17-18-10-2-1-3-11-18/h4-7,17H,1-3,8-11H2,(H,16,19). The Morgan fingerprint density at radius 1 is 1.11 bits per heavy atom. The zero-order valence-corrected chi connectivity index (χ0v) is 13.2. The fourth-order valence-corrected chi connectivity index (χ4v) is 2.50. The van der Waals surface area contributed by atoms with E-state index in [1.54, 1.807) is 0 Å². The Balaban J connectivity index is 1.64. The summed E-state index contributed by atoms with van der Waals surface area (Å²) in [7, 11) is 0. The first-order valence-electron chi connectivity index (χ1n) is 6.78. The van der Waals surface area contributed by atoms with Crippen LogP contribution in [0.4, 0.5) is 0 Å². The highest BCUT2D eigenvalue weighted by Gasteiger charge is 2.09. The van der Waals surface area contributed by atoms with Gasteiger partial charge in [0, 0.05) is 35.3 Å². The Kier molecular flexibility index (Phi) is 6.06. The second-order valence-corrected chi connectivity index (χ2v) is 5.96. The van der Waals surface area contributed by atoms with Crippen molar-refractivity contribution in [2.75, 3.05) is 26.2 Å². The monoisotopic (exact) mass is 373 g/mol. The van der Waals surface area contributed by atoms with Gasteiger partial charge in [-0.25, -0.2) is 5.01 Å². The molecule has 0 radical (unpaired) electrons. The van der Waals surface area contributed by atoms with Crippen molar-refractivity contribution < 1.29 is 4.79 Å². The minimum Gasteiger partial charge on any atom is -0.351 e. The van der Waals surface area contributed by atoms with Gasteiger partial charge in [-0.1, -0.05) is 6.42 Å². The topological polar surface area (TPSA) is 44.4 Å². The molecule has 5 heteroatoms. The molecule has 1 amide bonds. The molecule has 0 saturated carbocycles. The summed E-state index contributed by atoms with van der Waals surface area (Å²) < 4.78 is 1.14. The van der Waals surface area contributed by atoms with Crippen LogP contribution in [0.2, 0.25) is 0 Å². The predicted octanol–water partition coefficient (Wildman–Crippen LogP) is 2.01. The predicted molar refractivity (Wildman–Crippen MR) is 84.9 cm³/mol. The van der Waals surface area contributed by atoms with Gasteiger partial charge in [0.1, 0.15) is 0 Å². The Morgan fingerprint density at radius 3 is 2.47 bits per heavy atom. The largest absolute Gasteiger partial charge is 0.351 e. The molecule has 2 N–H and O–H groups in total. The maximum absolute atomic E-state index is 11.9. The minimum atomic E-state index is -0.00292. The quantitative estimate of drug-likeness (QED) is 0.613. The van der Waals surface area contributed by atoms with Crippen molar-refractivity contribution in [3.05, 3.63) is 33.4 Å². The summed E-state index contributed by atoms with van der Waals surface area (Å²) in [6, 6.07) is 7.60. The van der Waals surface area contributed by atoms with Gasteiger partial charge in [0.05, 0.1) is 0 Å². The lowest BCUT2D eigenvalue weighted by Gasteiger charge is -2.27. The Morgan fingerprint density at radius 2 is 1.79 bits per heavy atom. The summed E-state index contributed by atoms with van der Waals surface area (Å²) in [5.74, 6) is -0.00292. The average molecular weight is 373 g/mol. The third-order valence-corrected chi connectivity index (χ3v) is 3.93. The van der Waals surface area contributed by atoms with Gasteiger partial charge >= 0.3 is 0 Å². The van der Waals surface area contributed by atoms with E-state index < -0.39 is 0 Å². The van der Waals surface area contributed by atoms with Gasteiger partial charge in [-0.3, -0.25) is 10.2 Å². The Labute approximate surface area is 128 Å². The summed E-state index contributed by atoms with van der Waals surface area (Å²) in [6.45, 7) is 3.67. The SMILES string of the molecule is O=C(NCCNN1CCCCC1)c1ccc(I)cc1. The van der Waals surface area contributed by atoms with Crippen LogP contribution >= 0.6 is 22.6 Å². The number of hydrazine groups is 1. The Bertz CT molecular complexity index is 402. The van der Waals surface area contributed by atoms with Crippen molar-refractivity contribution in [2.24, 2.45) is 0 Å². The van der Waals surface area contributed by atoms with E-state index in [9.17, 15) is 4.79 Å². The van der Waals surface area contributed by atoms with Crippen molar-refractivity contribution in [1.29, 1.82) is 0 Å². The molecule has 2 rings (SSSR count). The van der Waals surface area contributed by atoms with Gasteiger partial charge in [-0.05, 0) is 59.7 Å². The number of amides is 1. The van der Waals surface area contributed by atoms with Gasteiger partial charge in [-0.2, -0.15) is 0 Å². The number of nitrogens with one attached hydrogen (secondary N) is 2. The second kappa shape index (κ2) is 7.81. The Hall–Kier alpha value is -0.660. The van der Waals surface area contributed by atoms with Crippen LogP contribution in [-0.2, 0) is 0 Å². The van der Waals surface area contributed by atoms with Crippen molar-refractivity contribution >= 4 is 28.5 Å². The van der Waals surface area contributed by atoms with Gasteiger partial charge in [0.2, 0.25) is 0 Å². The van der Waals surface area contributed by atoms with E-state index in [2.05, 4.69) is 38.3 Å². The van der Waals surface area contributed by atoms with Crippen LogP contribution in [0.5, 0.6) is 0 Å². The lowest BCUT2D eigenvalue weighted by atomic mass is 10.2. The van der Waals surface area contributed by atoms with E-state index in [-0.39, 0.29) is 5.91 Å². The molecule has 104 valence electrons. The molecule has 0 unspecified atom stereocenters. The van der Waals surface area contributed by atoms with Crippen LogP contribution in [0.3, 0.4) is 0 Å². The van der Waals surface area contributed by atoms with Crippen molar-refractivity contribution in [3.63, 3.8) is 0 Å². The van der Waals surface area contributed by atoms with E-state index >= 15 is 0 Å². The summed E-state index contributed by atoms with van der Waals surface area (Å²) >= 11 is 2.23. The molecule has 0 bridgehead atoms. The first-order chi connectivity index (χ1) is 9.25. The minimum absolute atomic E-state index is 0.00292. The number of carbonyl (C=O) groups is 1. The number of nitrogens with zero attached hydrogens (tertiary/aromatic N) is 1. The normalized spacial score (nSPS) is 16.3. The number of benzene rings is 1. The van der Waals surface area contributed by atoms with Crippen LogP contribution < -0.4 is 10.7 Å². The number of halogens is 1. The maximum Gasteiger partial charge on any atom is 0.251 e. The smallest absolute Gasteiger partial charge is 0.251 e. The number of hydrogen-bond donors (Lipinski definition) is 2. The average Bonchev–Trinajstić information content (AvgIpc) is 2.45. The molecule has 1 aliphatic rings. The van der Waals surface area contributed by atoms with Crippen LogP contribution in [0.15, 0.2) is 24.3 Å². The molecule has 0 spiro atoms. The van der Waals surface area contributed by atoms with Crippen LogP contribution in [-0.4, -0.2) is 37.1 Å². The summed E-state index contributed by atoms with van der Waals surface area (Å²) in [5.41, 5.74) is 4.08. The van der Waals surface area contributed by atoms with Gasteiger partial charge in [0.25, 0.3) is 5.91 Å². The molecule has 1 saturated heterocycles. The molecule has 1 aromatic rings. The van der Waals surface area contributed by atoms with Gasteiger partial charge in [-0.15, -0.1) is 0 Å². The van der Waals surface area contributed by atoms with E-state index in [0.29, 0.717) is 6.54 Å². The first kappa shape index (κ1) is 14.7. The highest BCUT2D eigenvalue weighted by molar-refractivity contribution is 14.1. The number of hydrogen-bond acceptors (Lipinski definition) is 3. The third kappa shape index (κ3) is 5.08. The zero-order valence-electron chi connectivity index (χ0n) is 11.0. The molecule has 1 fully saturated rings. The highest BCUT2D eigenvalue weighted by Crippen LogP contribution is 2.07. The van der Waals surface area contributed by atoms with Crippen LogP contribution in [0.1, 0.15) is 29.6 Å². The lowest BCUT2D eigenvalue weighted by molar-refractivity contribution is 0.0946. The van der Waals surface area contributed by atoms with Crippen LogP contribution in [0, 0.1) is 3.57 Å². The molecule has 0 aromatic heterocycles. The second-order valence-electron chi connectivity index (χ2n) is 4.72. The summed E-state index contributed by atoms with van der Waals surface area (Å²) in [5, 5.41) is 5.18. The number of piperidine rings is 1. The van der Waals surface area contributed by atoms with Crippen molar-refractivity contribution in [1.82, 2.24) is 15.8 Å². The van der Waals surface area contributed by atoms with Gasteiger partial charge in [0.15, 0.2) is 0 Å². The molecular formula is C14H20IN3O. The molecule has 0 aliphatic carbocycles. The highest BCUT2D eigenvalue weighted by atomic mass is 127. The van der Waals surface area contributed by atoms with Crippen molar-refractivity contribution in [2.45, 2.75) is 19.3 Å². The van der Waals surface area contributed by atoms with E-state index in [4.69, 9.17) is 0 Å². The van der Waals surface area contributed by atoms with E-state index in [0.717, 1.165) is 28.8 Å². The first-order valence-corrected chi connectivity index (χ1v) is 7.86. The summed E-state index contributed by atoms with van der Waals surface area (Å²) in [4.78, 5) is 11.9. The van der Waals surface area contributed by atoms with E-state index in [1.165, 1.54) is 19.3 Å². The van der Waals surface area contributed by atoms with Crippen molar-refractivity contribution in [3.8, 4) is 0 Å². The van der Waals surface area contributed by atoms with Gasteiger partial charge < -0.3 is 5.32 Å². The lowest BCUT2D eigenvalue weighted by Crippen LogP contribution is -2.45. The number of carbonyl (C=O) groups excluding carboxylic acids is 1. The zero-order chi connectivity index (χ0) is 13.5. The summed E-state index contributed by atoms with van der Waals surface area (Å²) in [6.07, 6.45) is 3.87. The molecule has 1 aliphatic heterocycles. The molecule has 1 heterocycles. The molecule has 4 nitrogen and oxygen atoms in total. The number of rotatable bonds is 5. The molecule has 19 heavy (non-hydrogen) atoms. The van der Waals surface area contributed by atoms with Crippen LogP contribution in [0.25, 0.3) is 0 Å². The third-order valence-electron chi connectivity index (χ3n) is 3.21. The molecular weight excluding hydrogens is 353 g/mol. The maximum atomic E-state index is 11.9. The molecule has 1 aromatic carbocycles. The molecule has 0 atom stereocenters. The fraction of sp³-hybridized carbons (Fsp3) is 0.500. The van der Waals surface area contributed by atoms with E-state index in [1.807, 2.05) is 24.3 Å².